The van der Waals surface area contributed by atoms with E-state index in [-0.39, 0.29) is 0 Å². The van der Waals surface area contributed by atoms with E-state index in [1.165, 1.54) is 5.56 Å². The minimum atomic E-state index is 0.723. The Morgan fingerprint density at radius 2 is 1.71 bits per heavy atom. The molecule has 0 aliphatic rings. The number of rotatable bonds is 4. The molecule has 122 valence electrons. The van der Waals surface area contributed by atoms with Crippen molar-refractivity contribution in [3.8, 4) is 0 Å². The summed E-state index contributed by atoms with van der Waals surface area (Å²) in [6.07, 6.45) is 0. The molecular weight excluding hydrogens is 364 g/mol. The van der Waals surface area contributed by atoms with Crippen LogP contribution in [0, 0.1) is 13.8 Å². The van der Waals surface area contributed by atoms with E-state index >= 15 is 0 Å². The van der Waals surface area contributed by atoms with Gasteiger partial charge in [-0.1, -0.05) is 24.3 Å². The molecule has 2 aromatic carbocycles. The standard InChI is InChI=1S/C19H19BrN4/c1-13-9-10-17(16(20)11-13)23-18-12-19(22-14(2)21-18)24(3)15-7-5-4-6-8-15/h4-12H,1-3H3,(H,21,22,23). The van der Waals surface area contributed by atoms with E-state index in [2.05, 4.69) is 62.4 Å². The highest BCUT2D eigenvalue weighted by molar-refractivity contribution is 9.10. The fraction of sp³-hybridized carbons (Fsp3) is 0.158. The molecule has 3 rings (SSSR count). The number of hydrogen-bond acceptors (Lipinski definition) is 4. The van der Waals surface area contributed by atoms with Gasteiger partial charge in [-0.15, -0.1) is 0 Å². The molecule has 0 fully saturated rings. The van der Waals surface area contributed by atoms with Gasteiger partial charge in [-0.3, -0.25) is 0 Å². The SMILES string of the molecule is Cc1ccc(Nc2cc(N(C)c3ccccc3)nc(C)n2)c(Br)c1. The lowest BCUT2D eigenvalue weighted by Gasteiger charge is -2.19. The normalized spacial score (nSPS) is 10.5. The van der Waals surface area contributed by atoms with Gasteiger partial charge in [0, 0.05) is 23.3 Å². The first-order valence-corrected chi connectivity index (χ1v) is 8.50. The van der Waals surface area contributed by atoms with Crippen LogP contribution in [0.25, 0.3) is 0 Å². The summed E-state index contributed by atoms with van der Waals surface area (Å²) in [6.45, 7) is 3.97. The molecule has 0 amide bonds. The Bertz CT molecular complexity index is 849. The molecule has 0 spiro atoms. The van der Waals surface area contributed by atoms with Crippen molar-refractivity contribution in [1.29, 1.82) is 0 Å². The number of benzene rings is 2. The van der Waals surface area contributed by atoms with Gasteiger partial charge < -0.3 is 10.2 Å². The Kier molecular flexibility index (Phi) is 4.81. The maximum Gasteiger partial charge on any atom is 0.138 e. The predicted octanol–water partition coefficient (Wildman–Crippen LogP) is 5.37. The van der Waals surface area contributed by atoms with Crippen molar-refractivity contribution in [2.75, 3.05) is 17.3 Å². The van der Waals surface area contributed by atoms with Crippen molar-refractivity contribution in [1.82, 2.24) is 9.97 Å². The van der Waals surface area contributed by atoms with Crippen LogP contribution in [0.2, 0.25) is 0 Å². The molecule has 3 aromatic rings. The zero-order valence-corrected chi connectivity index (χ0v) is 15.5. The van der Waals surface area contributed by atoms with Crippen LogP contribution in [0.5, 0.6) is 0 Å². The van der Waals surface area contributed by atoms with Gasteiger partial charge in [0.15, 0.2) is 0 Å². The van der Waals surface area contributed by atoms with Crippen molar-refractivity contribution >= 4 is 38.9 Å². The van der Waals surface area contributed by atoms with Crippen molar-refractivity contribution in [3.63, 3.8) is 0 Å². The molecule has 24 heavy (non-hydrogen) atoms. The van der Waals surface area contributed by atoms with Crippen LogP contribution in [0.3, 0.4) is 0 Å². The Hall–Kier alpha value is -2.40. The first-order valence-electron chi connectivity index (χ1n) is 7.70. The van der Waals surface area contributed by atoms with Crippen LogP contribution in [-0.2, 0) is 0 Å². The highest BCUT2D eigenvalue weighted by Gasteiger charge is 2.09. The molecule has 0 aliphatic carbocycles. The fourth-order valence-electron chi connectivity index (χ4n) is 2.43. The minimum Gasteiger partial charge on any atom is -0.339 e. The van der Waals surface area contributed by atoms with Crippen LogP contribution in [0.1, 0.15) is 11.4 Å². The lowest BCUT2D eigenvalue weighted by molar-refractivity contribution is 1.02. The molecule has 0 radical (unpaired) electrons. The maximum atomic E-state index is 4.55. The molecule has 4 nitrogen and oxygen atoms in total. The summed E-state index contributed by atoms with van der Waals surface area (Å²) in [4.78, 5) is 11.1. The van der Waals surface area contributed by atoms with Gasteiger partial charge in [0.1, 0.15) is 17.5 Å². The second kappa shape index (κ2) is 7.01. The van der Waals surface area contributed by atoms with E-state index in [4.69, 9.17) is 0 Å². The molecule has 0 aliphatic heterocycles. The van der Waals surface area contributed by atoms with Crippen molar-refractivity contribution in [2.45, 2.75) is 13.8 Å². The van der Waals surface area contributed by atoms with Gasteiger partial charge in [-0.25, -0.2) is 9.97 Å². The van der Waals surface area contributed by atoms with Gasteiger partial charge >= 0.3 is 0 Å². The lowest BCUT2D eigenvalue weighted by Crippen LogP contribution is -2.12. The van der Waals surface area contributed by atoms with Gasteiger partial charge in [0.25, 0.3) is 0 Å². The maximum absolute atomic E-state index is 4.55. The number of anilines is 4. The number of nitrogens with one attached hydrogen (secondary N) is 1. The quantitative estimate of drug-likeness (QED) is 0.658. The summed E-state index contributed by atoms with van der Waals surface area (Å²) in [5.41, 5.74) is 3.26. The zero-order valence-electron chi connectivity index (χ0n) is 13.9. The van der Waals surface area contributed by atoms with Crippen molar-refractivity contribution < 1.29 is 0 Å². The third-order valence-electron chi connectivity index (χ3n) is 3.70. The second-order valence-corrected chi connectivity index (χ2v) is 6.52. The summed E-state index contributed by atoms with van der Waals surface area (Å²) in [7, 11) is 2.00. The number of hydrogen-bond donors (Lipinski definition) is 1. The molecule has 0 saturated heterocycles. The highest BCUT2D eigenvalue weighted by Crippen LogP contribution is 2.28. The van der Waals surface area contributed by atoms with Gasteiger partial charge in [-0.2, -0.15) is 0 Å². The summed E-state index contributed by atoms with van der Waals surface area (Å²) in [5, 5.41) is 3.36. The molecule has 0 unspecified atom stereocenters. The van der Waals surface area contributed by atoms with Crippen LogP contribution in [0.15, 0.2) is 59.1 Å². The largest absolute Gasteiger partial charge is 0.339 e. The molecule has 1 N–H and O–H groups in total. The molecule has 0 saturated carbocycles. The van der Waals surface area contributed by atoms with Gasteiger partial charge in [0.05, 0.1) is 5.69 Å². The molecule has 1 heterocycles. The number of halogens is 1. The lowest BCUT2D eigenvalue weighted by atomic mass is 10.2. The summed E-state index contributed by atoms with van der Waals surface area (Å²) < 4.78 is 1.01. The van der Waals surface area contributed by atoms with Crippen LogP contribution >= 0.6 is 15.9 Å². The van der Waals surface area contributed by atoms with Crippen LogP contribution < -0.4 is 10.2 Å². The summed E-state index contributed by atoms with van der Waals surface area (Å²) in [5.74, 6) is 2.34. The monoisotopic (exact) mass is 382 g/mol. The van der Waals surface area contributed by atoms with Gasteiger partial charge in [0.2, 0.25) is 0 Å². The number of aryl methyl sites for hydroxylation is 2. The number of aromatic nitrogens is 2. The topological polar surface area (TPSA) is 41.0 Å². The average Bonchev–Trinajstić information content (AvgIpc) is 2.57. The molecular formula is C19H19BrN4. The predicted molar refractivity (Wildman–Crippen MR) is 103 cm³/mol. The third-order valence-corrected chi connectivity index (χ3v) is 4.35. The van der Waals surface area contributed by atoms with E-state index in [9.17, 15) is 0 Å². The van der Waals surface area contributed by atoms with E-state index in [1.807, 2.05) is 49.2 Å². The Morgan fingerprint density at radius 3 is 2.42 bits per heavy atom. The molecule has 1 aromatic heterocycles. The molecule has 5 heteroatoms. The third kappa shape index (κ3) is 3.74. The molecule has 0 bridgehead atoms. The van der Waals surface area contributed by atoms with Crippen LogP contribution in [-0.4, -0.2) is 17.0 Å². The smallest absolute Gasteiger partial charge is 0.138 e. The van der Waals surface area contributed by atoms with E-state index in [1.54, 1.807) is 0 Å². The number of nitrogens with zero attached hydrogens (tertiary/aromatic N) is 3. The highest BCUT2D eigenvalue weighted by atomic mass is 79.9. The first kappa shape index (κ1) is 16.5. The van der Waals surface area contributed by atoms with Crippen molar-refractivity contribution in [3.05, 3.63) is 70.5 Å². The fourth-order valence-corrected chi connectivity index (χ4v) is 3.02. The summed E-state index contributed by atoms with van der Waals surface area (Å²) in [6, 6.07) is 18.3. The minimum absolute atomic E-state index is 0.723. The zero-order chi connectivity index (χ0) is 17.1. The Balaban J connectivity index is 1.91. The van der Waals surface area contributed by atoms with Crippen molar-refractivity contribution in [2.24, 2.45) is 0 Å². The summed E-state index contributed by atoms with van der Waals surface area (Å²) >= 11 is 3.59. The first-order chi connectivity index (χ1) is 11.5. The van der Waals surface area contributed by atoms with Gasteiger partial charge in [-0.05, 0) is 59.6 Å². The number of para-hydroxylation sites is 1. The van der Waals surface area contributed by atoms with E-state index in [0.29, 0.717) is 0 Å². The van der Waals surface area contributed by atoms with Crippen LogP contribution in [0.4, 0.5) is 23.0 Å². The molecule has 0 atom stereocenters. The Morgan fingerprint density at radius 1 is 0.958 bits per heavy atom. The van der Waals surface area contributed by atoms with E-state index in [0.717, 1.165) is 33.3 Å². The van der Waals surface area contributed by atoms with E-state index < -0.39 is 0 Å². The Labute approximate surface area is 150 Å². The average molecular weight is 383 g/mol. The second-order valence-electron chi connectivity index (χ2n) is 5.66.